The third kappa shape index (κ3) is 4.54. The molecule has 1 amide bonds. The molecule has 0 fully saturated rings. The van der Waals surface area contributed by atoms with Gasteiger partial charge in [0.2, 0.25) is 5.91 Å². The summed E-state index contributed by atoms with van der Waals surface area (Å²) >= 11 is 0. The molecule has 0 saturated heterocycles. The summed E-state index contributed by atoms with van der Waals surface area (Å²) < 4.78 is 25.0. The van der Waals surface area contributed by atoms with E-state index in [9.17, 15) is 13.6 Å². The van der Waals surface area contributed by atoms with Gasteiger partial charge in [0.25, 0.3) is 6.43 Å². The van der Waals surface area contributed by atoms with Crippen LogP contribution < -0.4 is 11.1 Å². The molecular formula is C8H13ClF2N4O. The Morgan fingerprint density at radius 1 is 1.69 bits per heavy atom. The monoisotopic (exact) mass is 254 g/mol. The van der Waals surface area contributed by atoms with Crippen LogP contribution in [-0.4, -0.2) is 28.2 Å². The average molecular weight is 255 g/mol. The lowest BCUT2D eigenvalue weighted by atomic mass is 10.3. The van der Waals surface area contributed by atoms with Gasteiger partial charge in [-0.1, -0.05) is 0 Å². The number of nitrogens with two attached hydrogens (primary N) is 1. The van der Waals surface area contributed by atoms with Gasteiger partial charge >= 0.3 is 0 Å². The van der Waals surface area contributed by atoms with E-state index in [4.69, 9.17) is 5.73 Å². The van der Waals surface area contributed by atoms with Gasteiger partial charge in [0.05, 0.1) is 6.04 Å². The number of hydrogen-bond acceptors (Lipinski definition) is 3. The van der Waals surface area contributed by atoms with Gasteiger partial charge in [0, 0.05) is 12.3 Å². The van der Waals surface area contributed by atoms with E-state index in [0.29, 0.717) is 0 Å². The van der Waals surface area contributed by atoms with Crippen molar-refractivity contribution in [2.45, 2.75) is 25.9 Å². The second kappa shape index (κ2) is 6.39. The molecule has 1 aromatic rings. The Kier molecular flexibility index (Phi) is 5.91. The molecule has 5 nitrogen and oxygen atoms in total. The number of halogens is 3. The van der Waals surface area contributed by atoms with Crippen LogP contribution in [0.1, 0.15) is 6.92 Å². The molecule has 3 N–H and O–H groups in total. The lowest BCUT2D eigenvalue weighted by molar-refractivity contribution is -0.117. The molecule has 1 rings (SSSR count). The maximum absolute atomic E-state index is 12.0. The molecule has 0 unspecified atom stereocenters. The topological polar surface area (TPSA) is 72.9 Å². The fourth-order valence-electron chi connectivity index (χ4n) is 0.912. The summed E-state index contributed by atoms with van der Waals surface area (Å²) in [6.07, 6.45) is -1.11. The number of alkyl halides is 2. The van der Waals surface area contributed by atoms with E-state index < -0.39 is 24.9 Å². The minimum atomic E-state index is -2.47. The average Bonchev–Trinajstić information content (AvgIpc) is 2.51. The fraction of sp³-hybridized carbons (Fsp3) is 0.500. The Bertz CT molecular complexity index is 343. The molecule has 0 aromatic carbocycles. The molecule has 92 valence electrons. The number of amides is 1. The SMILES string of the molecule is C[C@@H](N)C(=O)Nc1ccn(CC(F)F)n1.Cl. The van der Waals surface area contributed by atoms with Crippen LogP contribution in [0.15, 0.2) is 12.3 Å². The number of anilines is 1. The van der Waals surface area contributed by atoms with Crippen LogP contribution in [0.2, 0.25) is 0 Å². The zero-order chi connectivity index (χ0) is 11.4. The normalized spacial score (nSPS) is 12.1. The van der Waals surface area contributed by atoms with Crippen LogP contribution in [-0.2, 0) is 11.3 Å². The van der Waals surface area contributed by atoms with Gasteiger partial charge in [-0.3, -0.25) is 9.48 Å². The Labute approximate surface area is 97.4 Å². The Morgan fingerprint density at radius 2 is 2.31 bits per heavy atom. The molecule has 0 spiro atoms. The lowest BCUT2D eigenvalue weighted by Crippen LogP contribution is -2.32. The fourth-order valence-corrected chi connectivity index (χ4v) is 0.912. The molecular weight excluding hydrogens is 242 g/mol. The van der Waals surface area contributed by atoms with Crippen molar-refractivity contribution in [1.82, 2.24) is 9.78 Å². The number of carbonyl (C=O) groups excluding carboxylic acids is 1. The van der Waals surface area contributed by atoms with E-state index in [-0.39, 0.29) is 18.2 Å². The molecule has 16 heavy (non-hydrogen) atoms. The third-order valence-electron chi connectivity index (χ3n) is 1.63. The van der Waals surface area contributed by atoms with Crippen LogP contribution in [0.25, 0.3) is 0 Å². The third-order valence-corrected chi connectivity index (χ3v) is 1.63. The van der Waals surface area contributed by atoms with Crippen molar-refractivity contribution in [3.8, 4) is 0 Å². The van der Waals surface area contributed by atoms with Crippen LogP contribution in [0.5, 0.6) is 0 Å². The highest BCUT2D eigenvalue weighted by atomic mass is 35.5. The number of carbonyl (C=O) groups is 1. The van der Waals surface area contributed by atoms with Crippen molar-refractivity contribution in [2.24, 2.45) is 5.73 Å². The van der Waals surface area contributed by atoms with Crippen molar-refractivity contribution in [3.63, 3.8) is 0 Å². The van der Waals surface area contributed by atoms with Gasteiger partial charge in [-0.2, -0.15) is 5.10 Å². The highest BCUT2D eigenvalue weighted by molar-refractivity contribution is 5.93. The second-order valence-electron chi connectivity index (χ2n) is 3.09. The molecule has 1 atom stereocenters. The summed E-state index contributed by atoms with van der Waals surface area (Å²) in [5, 5.41) is 6.12. The van der Waals surface area contributed by atoms with Crippen LogP contribution >= 0.6 is 12.4 Å². The molecule has 0 aliphatic rings. The largest absolute Gasteiger partial charge is 0.320 e. The van der Waals surface area contributed by atoms with Gasteiger partial charge in [-0.25, -0.2) is 8.78 Å². The summed E-state index contributed by atoms with van der Waals surface area (Å²) in [4.78, 5) is 11.1. The van der Waals surface area contributed by atoms with E-state index in [1.54, 1.807) is 0 Å². The van der Waals surface area contributed by atoms with E-state index in [0.717, 1.165) is 4.68 Å². The number of aromatic nitrogens is 2. The lowest BCUT2D eigenvalue weighted by Gasteiger charge is -2.04. The summed E-state index contributed by atoms with van der Waals surface area (Å²) in [5.74, 6) is -0.185. The first-order valence-corrected chi connectivity index (χ1v) is 4.37. The zero-order valence-corrected chi connectivity index (χ0v) is 9.38. The molecule has 0 bridgehead atoms. The second-order valence-corrected chi connectivity index (χ2v) is 3.09. The van der Waals surface area contributed by atoms with E-state index >= 15 is 0 Å². The number of hydrogen-bond donors (Lipinski definition) is 2. The van der Waals surface area contributed by atoms with Crippen molar-refractivity contribution in [2.75, 3.05) is 5.32 Å². The molecule has 0 aliphatic heterocycles. The van der Waals surface area contributed by atoms with E-state index in [1.807, 2.05) is 0 Å². The predicted octanol–water partition coefficient (Wildman–Crippen LogP) is 0.856. The predicted molar refractivity (Wildman–Crippen MR) is 57.8 cm³/mol. The summed E-state index contributed by atoms with van der Waals surface area (Å²) in [5.41, 5.74) is 5.30. The van der Waals surface area contributed by atoms with Gasteiger partial charge in [0.1, 0.15) is 6.54 Å². The van der Waals surface area contributed by atoms with Crippen LogP contribution in [0.4, 0.5) is 14.6 Å². The molecule has 1 heterocycles. The van der Waals surface area contributed by atoms with Crippen LogP contribution in [0.3, 0.4) is 0 Å². The van der Waals surface area contributed by atoms with E-state index in [2.05, 4.69) is 10.4 Å². The number of rotatable bonds is 4. The first-order chi connectivity index (χ1) is 6.99. The molecule has 0 radical (unpaired) electrons. The standard InChI is InChI=1S/C8H12F2N4O.ClH/c1-5(11)8(15)12-7-2-3-14(13-7)4-6(9)10;/h2-3,5-6H,4,11H2,1H3,(H,12,13,15);1H/t5-;/m1./s1. The molecule has 0 aliphatic carbocycles. The Hall–Kier alpha value is -1.21. The highest BCUT2D eigenvalue weighted by Crippen LogP contribution is 2.05. The van der Waals surface area contributed by atoms with Crippen molar-refractivity contribution in [3.05, 3.63) is 12.3 Å². The number of nitrogens with zero attached hydrogens (tertiary/aromatic N) is 2. The Morgan fingerprint density at radius 3 is 2.81 bits per heavy atom. The Balaban J connectivity index is 0.00000225. The first-order valence-electron chi connectivity index (χ1n) is 4.37. The van der Waals surface area contributed by atoms with Gasteiger partial charge < -0.3 is 11.1 Å². The molecule has 0 saturated carbocycles. The van der Waals surface area contributed by atoms with Crippen molar-refractivity contribution >= 4 is 24.1 Å². The van der Waals surface area contributed by atoms with Gasteiger partial charge in [-0.15, -0.1) is 12.4 Å². The maximum Gasteiger partial charge on any atom is 0.257 e. The summed E-state index contributed by atoms with van der Waals surface area (Å²) in [7, 11) is 0. The van der Waals surface area contributed by atoms with E-state index in [1.165, 1.54) is 19.2 Å². The molecule has 1 aromatic heterocycles. The maximum atomic E-state index is 12.0. The minimum Gasteiger partial charge on any atom is -0.320 e. The summed E-state index contributed by atoms with van der Waals surface area (Å²) in [6, 6.07) is 0.771. The first kappa shape index (κ1) is 14.8. The zero-order valence-electron chi connectivity index (χ0n) is 8.56. The smallest absolute Gasteiger partial charge is 0.257 e. The van der Waals surface area contributed by atoms with Crippen molar-refractivity contribution in [1.29, 1.82) is 0 Å². The van der Waals surface area contributed by atoms with Crippen molar-refractivity contribution < 1.29 is 13.6 Å². The highest BCUT2D eigenvalue weighted by Gasteiger charge is 2.10. The van der Waals surface area contributed by atoms with Gasteiger partial charge in [0.15, 0.2) is 5.82 Å². The quantitative estimate of drug-likeness (QED) is 0.837. The summed E-state index contributed by atoms with van der Waals surface area (Å²) in [6.45, 7) is 1.03. The van der Waals surface area contributed by atoms with Crippen LogP contribution in [0, 0.1) is 0 Å². The number of nitrogens with one attached hydrogen (secondary N) is 1. The van der Waals surface area contributed by atoms with Gasteiger partial charge in [-0.05, 0) is 6.92 Å². The minimum absolute atomic E-state index is 0. The molecule has 8 heteroatoms.